The van der Waals surface area contributed by atoms with E-state index in [-0.39, 0.29) is 0 Å². The van der Waals surface area contributed by atoms with Crippen LogP contribution in [-0.2, 0) is 0 Å². The van der Waals surface area contributed by atoms with Crippen LogP contribution in [0.4, 0.5) is 0 Å². The molecule has 1 rings (SSSR count). The number of nitrogens with two attached hydrogens (primary N) is 1. The van der Waals surface area contributed by atoms with E-state index in [9.17, 15) is 0 Å². The van der Waals surface area contributed by atoms with E-state index >= 15 is 0 Å². The normalized spacial score (nSPS) is 27.2. The number of rotatable bonds is 4. The Bertz CT molecular complexity index is 147. The van der Waals surface area contributed by atoms with Crippen molar-refractivity contribution in [2.75, 3.05) is 19.6 Å². The predicted octanol–water partition coefficient (Wildman–Crippen LogP) is 2.24. The Hall–Kier alpha value is -0.0800. The van der Waals surface area contributed by atoms with Gasteiger partial charge in [-0.05, 0) is 51.7 Å². The van der Waals surface area contributed by atoms with Gasteiger partial charge < -0.3 is 10.6 Å². The Morgan fingerprint density at radius 1 is 1.36 bits per heavy atom. The second-order valence-corrected chi connectivity index (χ2v) is 4.86. The van der Waals surface area contributed by atoms with Crippen molar-refractivity contribution in [1.82, 2.24) is 4.90 Å². The molecule has 0 aromatic rings. The molecule has 0 saturated carbocycles. The zero-order valence-corrected chi connectivity index (χ0v) is 9.84. The van der Waals surface area contributed by atoms with Crippen LogP contribution in [0.15, 0.2) is 0 Å². The standard InChI is InChI=1S/C12H26N2/c1-11(10-13)7-9-14-8-5-3-4-6-12(14)2/h11-12H,3-10,13H2,1-2H3. The van der Waals surface area contributed by atoms with Crippen LogP contribution < -0.4 is 5.73 Å². The van der Waals surface area contributed by atoms with Gasteiger partial charge in [0.1, 0.15) is 0 Å². The number of nitrogens with zero attached hydrogens (tertiary/aromatic N) is 1. The molecule has 1 saturated heterocycles. The Kier molecular flexibility index (Phi) is 5.49. The minimum Gasteiger partial charge on any atom is -0.330 e. The molecule has 0 radical (unpaired) electrons. The van der Waals surface area contributed by atoms with Crippen LogP contribution in [0.5, 0.6) is 0 Å². The van der Waals surface area contributed by atoms with Gasteiger partial charge >= 0.3 is 0 Å². The van der Waals surface area contributed by atoms with Gasteiger partial charge in [-0.1, -0.05) is 19.8 Å². The van der Waals surface area contributed by atoms with Crippen LogP contribution >= 0.6 is 0 Å². The molecule has 14 heavy (non-hydrogen) atoms. The molecule has 2 N–H and O–H groups in total. The first-order chi connectivity index (χ1) is 6.74. The van der Waals surface area contributed by atoms with Crippen molar-refractivity contribution in [2.24, 2.45) is 11.7 Å². The van der Waals surface area contributed by atoms with E-state index in [2.05, 4.69) is 18.7 Å². The molecule has 84 valence electrons. The molecule has 0 aliphatic carbocycles. The lowest BCUT2D eigenvalue weighted by molar-refractivity contribution is 0.201. The average Bonchev–Trinajstić information content (AvgIpc) is 2.39. The van der Waals surface area contributed by atoms with Crippen molar-refractivity contribution < 1.29 is 0 Å². The van der Waals surface area contributed by atoms with Gasteiger partial charge in [-0.3, -0.25) is 0 Å². The summed E-state index contributed by atoms with van der Waals surface area (Å²) in [5.74, 6) is 0.686. The van der Waals surface area contributed by atoms with Gasteiger partial charge in [0.25, 0.3) is 0 Å². The molecule has 0 aromatic heterocycles. The molecule has 0 bridgehead atoms. The molecular weight excluding hydrogens is 172 g/mol. The number of hydrogen-bond donors (Lipinski definition) is 1. The largest absolute Gasteiger partial charge is 0.330 e. The summed E-state index contributed by atoms with van der Waals surface area (Å²) in [6.07, 6.45) is 6.89. The van der Waals surface area contributed by atoms with Gasteiger partial charge in [0.2, 0.25) is 0 Å². The second-order valence-electron chi connectivity index (χ2n) is 4.86. The van der Waals surface area contributed by atoms with E-state index < -0.39 is 0 Å². The van der Waals surface area contributed by atoms with Gasteiger partial charge in [0, 0.05) is 6.04 Å². The highest BCUT2D eigenvalue weighted by Gasteiger charge is 2.16. The van der Waals surface area contributed by atoms with Crippen molar-refractivity contribution in [3.05, 3.63) is 0 Å². The summed E-state index contributed by atoms with van der Waals surface area (Å²) in [4.78, 5) is 2.65. The van der Waals surface area contributed by atoms with Gasteiger partial charge in [-0.2, -0.15) is 0 Å². The third kappa shape index (κ3) is 3.97. The predicted molar refractivity (Wildman–Crippen MR) is 62.3 cm³/mol. The third-order valence-electron chi connectivity index (χ3n) is 3.50. The first-order valence-corrected chi connectivity index (χ1v) is 6.18. The molecule has 0 spiro atoms. The highest BCUT2D eigenvalue weighted by Crippen LogP contribution is 2.17. The summed E-state index contributed by atoms with van der Waals surface area (Å²) >= 11 is 0. The average molecular weight is 198 g/mol. The highest BCUT2D eigenvalue weighted by molar-refractivity contribution is 4.72. The number of hydrogen-bond acceptors (Lipinski definition) is 2. The van der Waals surface area contributed by atoms with Gasteiger partial charge in [-0.25, -0.2) is 0 Å². The fourth-order valence-corrected chi connectivity index (χ4v) is 2.17. The molecular formula is C12H26N2. The fraction of sp³-hybridized carbons (Fsp3) is 1.00. The molecule has 2 heteroatoms. The minimum absolute atomic E-state index is 0.686. The maximum atomic E-state index is 5.63. The van der Waals surface area contributed by atoms with Crippen molar-refractivity contribution >= 4 is 0 Å². The zero-order chi connectivity index (χ0) is 10.4. The maximum Gasteiger partial charge on any atom is 0.00669 e. The minimum atomic E-state index is 0.686. The monoisotopic (exact) mass is 198 g/mol. The smallest absolute Gasteiger partial charge is 0.00669 e. The molecule has 0 amide bonds. The summed E-state index contributed by atoms with van der Waals surface area (Å²) in [6, 6.07) is 0.794. The molecule has 2 nitrogen and oxygen atoms in total. The van der Waals surface area contributed by atoms with E-state index in [0.717, 1.165) is 12.6 Å². The Morgan fingerprint density at radius 2 is 2.14 bits per heavy atom. The summed E-state index contributed by atoms with van der Waals surface area (Å²) in [5, 5.41) is 0. The van der Waals surface area contributed by atoms with Crippen LogP contribution in [0.1, 0.15) is 46.0 Å². The van der Waals surface area contributed by atoms with Crippen LogP contribution in [0, 0.1) is 5.92 Å². The summed E-state index contributed by atoms with van der Waals surface area (Å²) < 4.78 is 0. The molecule has 1 aliphatic rings. The Labute approximate surface area is 88.8 Å². The molecule has 1 heterocycles. The Balaban J connectivity index is 2.26. The lowest BCUT2D eigenvalue weighted by Gasteiger charge is -2.27. The van der Waals surface area contributed by atoms with Gasteiger partial charge in [0.05, 0.1) is 0 Å². The number of likely N-dealkylation sites (tertiary alicyclic amines) is 1. The summed E-state index contributed by atoms with van der Waals surface area (Å²) in [6.45, 7) is 8.02. The lowest BCUT2D eigenvalue weighted by atomic mass is 10.1. The zero-order valence-electron chi connectivity index (χ0n) is 9.84. The maximum absolute atomic E-state index is 5.63. The van der Waals surface area contributed by atoms with Crippen LogP contribution in [0.25, 0.3) is 0 Å². The first-order valence-electron chi connectivity index (χ1n) is 6.18. The van der Waals surface area contributed by atoms with Crippen molar-refractivity contribution in [3.63, 3.8) is 0 Å². The molecule has 2 atom stereocenters. The SMILES string of the molecule is CC(CN)CCN1CCCCCC1C. The van der Waals surface area contributed by atoms with E-state index in [1.54, 1.807) is 0 Å². The molecule has 1 fully saturated rings. The van der Waals surface area contributed by atoms with Crippen LogP contribution in [0.2, 0.25) is 0 Å². The molecule has 1 aliphatic heterocycles. The van der Waals surface area contributed by atoms with Crippen LogP contribution in [-0.4, -0.2) is 30.6 Å². The van der Waals surface area contributed by atoms with Crippen molar-refractivity contribution in [3.8, 4) is 0 Å². The Morgan fingerprint density at radius 3 is 2.86 bits per heavy atom. The second kappa shape index (κ2) is 6.41. The third-order valence-corrected chi connectivity index (χ3v) is 3.50. The lowest BCUT2D eigenvalue weighted by Crippen LogP contribution is -2.34. The first kappa shape index (κ1) is 12.0. The van der Waals surface area contributed by atoms with E-state index in [4.69, 9.17) is 5.73 Å². The fourth-order valence-electron chi connectivity index (χ4n) is 2.17. The molecule has 0 aromatic carbocycles. The van der Waals surface area contributed by atoms with E-state index in [1.165, 1.54) is 45.2 Å². The summed E-state index contributed by atoms with van der Waals surface area (Å²) in [5.41, 5.74) is 5.63. The van der Waals surface area contributed by atoms with Crippen molar-refractivity contribution in [1.29, 1.82) is 0 Å². The van der Waals surface area contributed by atoms with E-state index in [1.807, 2.05) is 0 Å². The highest BCUT2D eigenvalue weighted by atomic mass is 15.1. The van der Waals surface area contributed by atoms with Gasteiger partial charge in [-0.15, -0.1) is 0 Å². The quantitative estimate of drug-likeness (QED) is 0.750. The van der Waals surface area contributed by atoms with Crippen LogP contribution in [0.3, 0.4) is 0 Å². The topological polar surface area (TPSA) is 29.3 Å². The van der Waals surface area contributed by atoms with E-state index in [0.29, 0.717) is 5.92 Å². The van der Waals surface area contributed by atoms with Gasteiger partial charge in [0.15, 0.2) is 0 Å². The summed E-state index contributed by atoms with van der Waals surface area (Å²) in [7, 11) is 0. The molecule has 2 unspecified atom stereocenters. The van der Waals surface area contributed by atoms with Crippen molar-refractivity contribution in [2.45, 2.75) is 52.0 Å².